The molecular formula is C19H31ClN4O2. The summed E-state index contributed by atoms with van der Waals surface area (Å²) in [4.78, 5) is 34.4. The van der Waals surface area contributed by atoms with Crippen LogP contribution in [0.25, 0.3) is 0 Å². The number of nitrogens with zero attached hydrogens (tertiary/aromatic N) is 2. The molecule has 6 nitrogen and oxygen atoms in total. The van der Waals surface area contributed by atoms with Gasteiger partial charge in [-0.25, -0.2) is 4.98 Å². The maximum Gasteiger partial charge on any atom is 0.264 e. The van der Waals surface area contributed by atoms with Crippen LogP contribution < -0.4 is 10.9 Å². The third kappa shape index (κ3) is 4.86. The van der Waals surface area contributed by atoms with Crippen molar-refractivity contribution in [3.8, 4) is 0 Å². The Bertz CT molecular complexity index is 698. The van der Waals surface area contributed by atoms with Crippen molar-refractivity contribution in [2.45, 2.75) is 64.8 Å². The molecule has 146 valence electrons. The molecule has 1 saturated heterocycles. The van der Waals surface area contributed by atoms with E-state index in [-0.39, 0.29) is 34.9 Å². The molecule has 26 heavy (non-hydrogen) atoms. The van der Waals surface area contributed by atoms with E-state index in [4.69, 9.17) is 0 Å². The first kappa shape index (κ1) is 20.9. The molecule has 3 rings (SSSR count). The Kier molecular flexibility index (Phi) is 6.51. The van der Waals surface area contributed by atoms with Gasteiger partial charge in [-0.15, -0.1) is 12.4 Å². The molecule has 1 aliphatic heterocycles. The van der Waals surface area contributed by atoms with Crippen LogP contribution in [0.5, 0.6) is 0 Å². The number of amides is 1. The number of piperidine rings is 1. The zero-order valence-electron chi connectivity index (χ0n) is 16.2. The van der Waals surface area contributed by atoms with Gasteiger partial charge in [-0.3, -0.25) is 9.59 Å². The van der Waals surface area contributed by atoms with E-state index in [1.54, 1.807) is 11.8 Å². The van der Waals surface area contributed by atoms with Gasteiger partial charge in [0.05, 0.1) is 5.69 Å². The summed E-state index contributed by atoms with van der Waals surface area (Å²) in [5.41, 5.74) is 0.137. The zero-order chi connectivity index (χ0) is 18.2. The number of carbonyl (C=O) groups is 1. The van der Waals surface area contributed by atoms with Crippen molar-refractivity contribution in [2.75, 3.05) is 19.6 Å². The van der Waals surface area contributed by atoms with Crippen LogP contribution in [0.2, 0.25) is 0 Å². The molecule has 0 unspecified atom stereocenters. The van der Waals surface area contributed by atoms with Crippen LogP contribution in [0.15, 0.2) is 4.79 Å². The van der Waals surface area contributed by atoms with Crippen LogP contribution in [-0.4, -0.2) is 46.5 Å². The molecule has 1 aromatic rings. The average Bonchev–Trinajstić information content (AvgIpc) is 3.36. The van der Waals surface area contributed by atoms with Gasteiger partial charge in [-0.1, -0.05) is 20.8 Å². The van der Waals surface area contributed by atoms with Gasteiger partial charge >= 0.3 is 0 Å². The highest BCUT2D eigenvalue weighted by Crippen LogP contribution is 2.28. The number of hydrogen-bond acceptors (Lipinski definition) is 4. The number of nitrogens with one attached hydrogen (secondary N) is 2. The van der Waals surface area contributed by atoms with Crippen LogP contribution in [0.4, 0.5) is 0 Å². The van der Waals surface area contributed by atoms with E-state index in [0.29, 0.717) is 30.6 Å². The first-order valence-electron chi connectivity index (χ1n) is 9.39. The quantitative estimate of drug-likeness (QED) is 0.838. The molecule has 1 aromatic heterocycles. The summed E-state index contributed by atoms with van der Waals surface area (Å²) in [6.07, 6.45) is 4.60. The lowest BCUT2D eigenvalue weighted by Crippen LogP contribution is -2.46. The second kappa shape index (κ2) is 8.09. The van der Waals surface area contributed by atoms with Crippen molar-refractivity contribution in [1.82, 2.24) is 20.2 Å². The Balaban J connectivity index is 0.00000243. The Morgan fingerprint density at radius 1 is 1.23 bits per heavy atom. The molecule has 7 heteroatoms. The van der Waals surface area contributed by atoms with Gasteiger partial charge in [0.2, 0.25) is 0 Å². The number of rotatable bonds is 4. The van der Waals surface area contributed by atoms with Gasteiger partial charge in [0.15, 0.2) is 0 Å². The lowest BCUT2D eigenvalue weighted by atomic mass is 9.95. The minimum absolute atomic E-state index is 0. The summed E-state index contributed by atoms with van der Waals surface area (Å²) in [6.45, 7) is 10.2. The number of halogens is 1. The Hall–Kier alpha value is -1.40. The van der Waals surface area contributed by atoms with Gasteiger partial charge in [0.1, 0.15) is 11.4 Å². The van der Waals surface area contributed by atoms with Crippen molar-refractivity contribution in [3.63, 3.8) is 0 Å². The van der Waals surface area contributed by atoms with Crippen LogP contribution in [0, 0.1) is 12.8 Å². The number of carbonyl (C=O) groups excluding carboxylic acids is 1. The van der Waals surface area contributed by atoms with Gasteiger partial charge in [0.25, 0.3) is 11.5 Å². The van der Waals surface area contributed by atoms with E-state index in [0.717, 1.165) is 25.3 Å². The summed E-state index contributed by atoms with van der Waals surface area (Å²) in [5.74, 6) is 1.30. The Labute approximate surface area is 161 Å². The van der Waals surface area contributed by atoms with E-state index in [1.807, 2.05) is 20.8 Å². The van der Waals surface area contributed by atoms with E-state index in [9.17, 15) is 9.59 Å². The number of aromatic nitrogens is 2. The molecule has 0 radical (unpaired) electrons. The molecule has 2 fully saturated rings. The summed E-state index contributed by atoms with van der Waals surface area (Å²) >= 11 is 0. The van der Waals surface area contributed by atoms with Crippen molar-refractivity contribution in [2.24, 2.45) is 5.92 Å². The number of H-pyrrole nitrogens is 1. The summed E-state index contributed by atoms with van der Waals surface area (Å²) in [7, 11) is 0. The average molecular weight is 383 g/mol. The third-order valence-electron chi connectivity index (χ3n) is 5.20. The summed E-state index contributed by atoms with van der Waals surface area (Å²) in [5, 5.41) is 3.61. The molecule has 1 amide bonds. The fourth-order valence-corrected chi connectivity index (χ4v) is 3.29. The normalized spacial score (nSPS) is 18.5. The second-order valence-electron chi connectivity index (χ2n) is 8.54. The molecule has 2 heterocycles. The summed E-state index contributed by atoms with van der Waals surface area (Å²) in [6, 6.07) is 0.491. The highest BCUT2D eigenvalue weighted by Gasteiger charge is 2.29. The number of hydrogen-bond donors (Lipinski definition) is 2. The summed E-state index contributed by atoms with van der Waals surface area (Å²) < 4.78 is 0. The molecule has 2 N–H and O–H groups in total. The minimum atomic E-state index is -0.323. The Morgan fingerprint density at radius 2 is 1.85 bits per heavy atom. The fraction of sp³-hybridized carbons (Fsp3) is 0.737. The van der Waals surface area contributed by atoms with E-state index in [1.165, 1.54) is 12.8 Å². The van der Waals surface area contributed by atoms with Crippen LogP contribution in [0.3, 0.4) is 0 Å². The van der Waals surface area contributed by atoms with E-state index in [2.05, 4.69) is 15.3 Å². The van der Waals surface area contributed by atoms with Crippen molar-refractivity contribution in [3.05, 3.63) is 27.4 Å². The topological polar surface area (TPSA) is 78.1 Å². The molecule has 0 atom stereocenters. The lowest BCUT2D eigenvalue weighted by molar-refractivity contribution is 0.0701. The largest absolute Gasteiger partial charge is 0.338 e. The van der Waals surface area contributed by atoms with Crippen molar-refractivity contribution < 1.29 is 4.79 Å². The first-order chi connectivity index (χ1) is 11.8. The van der Waals surface area contributed by atoms with E-state index < -0.39 is 0 Å². The molecule has 0 aromatic carbocycles. The molecule has 1 saturated carbocycles. The predicted molar refractivity (Wildman–Crippen MR) is 105 cm³/mol. The highest BCUT2D eigenvalue weighted by molar-refractivity contribution is 5.94. The molecule has 1 aliphatic carbocycles. The SMILES string of the molecule is Cc1nc(C(C)(C)C)[nH]c(=O)c1C(=O)N1CCC(NCC2CC2)CC1.Cl. The van der Waals surface area contributed by atoms with Gasteiger partial charge in [0, 0.05) is 24.5 Å². The van der Waals surface area contributed by atoms with Crippen LogP contribution in [0.1, 0.15) is 68.3 Å². The predicted octanol–water partition coefficient (Wildman–Crippen LogP) is 2.40. The number of aryl methyl sites for hydroxylation is 1. The smallest absolute Gasteiger partial charge is 0.264 e. The minimum Gasteiger partial charge on any atom is -0.338 e. The van der Waals surface area contributed by atoms with Crippen molar-refractivity contribution in [1.29, 1.82) is 0 Å². The fourth-order valence-electron chi connectivity index (χ4n) is 3.29. The molecule has 0 spiro atoms. The number of aromatic amines is 1. The standard InChI is InChI=1S/C19H30N4O2.ClH/c1-12-15(16(24)22-18(21-12)19(2,3)4)17(25)23-9-7-14(8-10-23)20-11-13-5-6-13;/h13-14,20H,5-11H2,1-4H3,(H,21,22,24);1H. The lowest BCUT2D eigenvalue weighted by Gasteiger charge is -2.32. The van der Waals surface area contributed by atoms with Crippen LogP contribution in [-0.2, 0) is 5.41 Å². The molecule has 2 aliphatic rings. The van der Waals surface area contributed by atoms with Gasteiger partial charge < -0.3 is 15.2 Å². The van der Waals surface area contributed by atoms with Gasteiger partial charge in [-0.05, 0) is 45.1 Å². The van der Waals surface area contributed by atoms with Crippen molar-refractivity contribution >= 4 is 18.3 Å². The maximum absolute atomic E-state index is 12.8. The Morgan fingerprint density at radius 3 is 2.35 bits per heavy atom. The second-order valence-corrected chi connectivity index (χ2v) is 8.54. The molecule has 0 bridgehead atoms. The third-order valence-corrected chi connectivity index (χ3v) is 5.20. The van der Waals surface area contributed by atoms with Crippen LogP contribution >= 0.6 is 12.4 Å². The maximum atomic E-state index is 12.8. The van der Waals surface area contributed by atoms with Gasteiger partial charge in [-0.2, -0.15) is 0 Å². The molecular weight excluding hydrogens is 352 g/mol. The highest BCUT2D eigenvalue weighted by atomic mass is 35.5. The van der Waals surface area contributed by atoms with E-state index >= 15 is 0 Å². The monoisotopic (exact) mass is 382 g/mol. The first-order valence-corrected chi connectivity index (χ1v) is 9.39. The number of likely N-dealkylation sites (tertiary alicyclic amines) is 1. The zero-order valence-corrected chi connectivity index (χ0v) is 17.0.